The summed E-state index contributed by atoms with van der Waals surface area (Å²) in [5.74, 6) is 0.617. The molecule has 0 radical (unpaired) electrons. The van der Waals surface area contributed by atoms with Crippen LogP contribution in [0.5, 0.6) is 0 Å². The predicted molar refractivity (Wildman–Crippen MR) is 77.1 cm³/mol. The zero-order chi connectivity index (χ0) is 15.1. The number of para-hydroxylation sites is 2. The van der Waals surface area contributed by atoms with Gasteiger partial charge in [0.25, 0.3) is 0 Å². The zero-order valence-electron chi connectivity index (χ0n) is 11.9. The van der Waals surface area contributed by atoms with Crippen LogP contribution in [0.2, 0.25) is 0 Å². The van der Waals surface area contributed by atoms with E-state index in [2.05, 4.69) is 4.98 Å². The Bertz CT molecular complexity index is 642. The van der Waals surface area contributed by atoms with Crippen LogP contribution in [0.15, 0.2) is 24.3 Å². The van der Waals surface area contributed by atoms with E-state index in [1.54, 1.807) is 4.57 Å². The molecular weight excluding hydrogens is 274 g/mol. The average molecular weight is 293 g/mol. The Labute approximate surface area is 122 Å². The summed E-state index contributed by atoms with van der Waals surface area (Å²) in [6.45, 7) is -0.349. The van der Waals surface area contributed by atoms with E-state index >= 15 is 0 Å². The summed E-state index contributed by atoms with van der Waals surface area (Å²) in [5, 5.41) is 29.4. The van der Waals surface area contributed by atoms with Crippen LogP contribution in [0.4, 0.5) is 5.95 Å². The fourth-order valence-electron chi connectivity index (χ4n) is 2.69. The van der Waals surface area contributed by atoms with Crippen molar-refractivity contribution in [2.75, 3.05) is 25.6 Å². The van der Waals surface area contributed by atoms with Crippen LogP contribution in [0, 0.1) is 0 Å². The second kappa shape index (κ2) is 5.27. The molecule has 4 atom stereocenters. The van der Waals surface area contributed by atoms with Gasteiger partial charge in [-0.1, -0.05) is 12.1 Å². The van der Waals surface area contributed by atoms with E-state index in [9.17, 15) is 15.3 Å². The molecule has 2 aromatic rings. The van der Waals surface area contributed by atoms with Gasteiger partial charge in [-0.15, -0.1) is 0 Å². The molecule has 21 heavy (non-hydrogen) atoms. The molecule has 1 aromatic heterocycles. The molecule has 0 aliphatic carbocycles. The Balaban J connectivity index is 2.13. The zero-order valence-corrected chi connectivity index (χ0v) is 11.9. The number of imidazole rings is 1. The monoisotopic (exact) mass is 293 g/mol. The highest BCUT2D eigenvalue weighted by atomic mass is 16.6. The molecule has 1 saturated heterocycles. The summed E-state index contributed by atoms with van der Waals surface area (Å²) < 4.78 is 7.37. The van der Waals surface area contributed by atoms with Crippen LogP contribution in [-0.2, 0) is 4.74 Å². The summed E-state index contributed by atoms with van der Waals surface area (Å²) in [7, 11) is 3.69. The van der Waals surface area contributed by atoms with E-state index in [4.69, 9.17) is 4.74 Å². The maximum Gasteiger partial charge on any atom is 0.208 e. The first-order chi connectivity index (χ1) is 10.0. The first-order valence-corrected chi connectivity index (χ1v) is 6.81. The highest BCUT2D eigenvalue weighted by molar-refractivity contribution is 5.79. The normalized spacial score (nSPS) is 29.2. The van der Waals surface area contributed by atoms with Crippen LogP contribution >= 0.6 is 0 Å². The number of nitrogens with zero attached hydrogens (tertiary/aromatic N) is 3. The van der Waals surface area contributed by atoms with Gasteiger partial charge in [0, 0.05) is 14.1 Å². The first-order valence-electron chi connectivity index (χ1n) is 6.81. The maximum atomic E-state index is 10.2. The summed E-state index contributed by atoms with van der Waals surface area (Å²) in [6.07, 6.45) is -3.85. The van der Waals surface area contributed by atoms with Gasteiger partial charge in [0.1, 0.15) is 18.3 Å². The molecule has 0 spiro atoms. The van der Waals surface area contributed by atoms with Gasteiger partial charge in [-0.05, 0) is 12.1 Å². The Morgan fingerprint density at radius 2 is 1.95 bits per heavy atom. The number of benzene rings is 1. The van der Waals surface area contributed by atoms with Crippen LogP contribution in [0.3, 0.4) is 0 Å². The molecule has 1 aliphatic heterocycles. The number of hydrogen-bond donors (Lipinski definition) is 3. The highest BCUT2D eigenvalue weighted by Gasteiger charge is 2.44. The van der Waals surface area contributed by atoms with Crippen molar-refractivity contribution in [2.24, 2.45) is 0 Å². The minimum absolute atomic E-state index is 0.349. The standard InChI is InChI=1S/C14H19N3O4/c1-16(2)14-15-8-5-3-4-6-9(8)17(14)13-12(20)11(19)10(7-18)21-13/h3-6,10-13,18-20H,7H2,1-2H3. The number of anilines is 1. The van der Waals surface area contributed by atoms with Crippen molar-refractivity contribution < 1.29 is 20.1 Å². The number of hydrogen-bond acceptors (Lipinski definition) is 6. The van der Waals surface area contributed by atoms with Crippen LogP contribution < -0.4 is 4.90 Å². The van der Waals surface area contributed by atoms with E-state index in [-0.39, 0.29) is 6.61 Å². The van der Waals surface area contributed by atoms with Gasteiger partial charge in [-0.25, -0.2) is 4.98 Å². The fraction of sp³-hybridized carbons (Fsp3) is 0.500. The van der Waals surface area contributed by atoms with Crippen molar-refractivity contribution in [3.05, 3.63) is 24.3 Å². The summed E-state index contributed by atoms with van der Waals surface area (Å²) in [4.78, 5) is 6.33. The lowest BCUT2D eigenvalue weighted by Gasteiger charge is -2.22. The Morgan fingerprint density at radius 1 is 1.24 bits per heavy atom. The molecule has 3 N–H and O–H groups in total. The Hall–Kier alpha value is -1.67. The summed E-state index contributed by atoms with van der Waals surface area (Å²) in [5.41, 5.74) is 1.58. The second-order valence-electron chi connectivity index (χ2n) is 5.39. The van der Waals surface area contributed by atoms with Crippen LogP contribution in [-0.4, -0.2) is 63.9 Å². The van der Waals surface area contributed by atoms with Gasteiger partial charge in [0.2, 0.25) is 5.95 Å². The van der Waals surface area contributed by atoms with Gasteiger partial charge >= 0.3 is 0 Å². The SMILES string of the molecule is CN(C)c1nc2ccccc2n1C1OC(CO)C(O)C1O. The molecule has 1 fully saturated rings. The maximum absolute atomic E-state index is 10.2. The Kier molecular flexibility index (Phi) is 3.58. The molecule has 0 bridgehead atoms. The molecule has 3 rings (SSSR count). The van der Waals surface area contributed by atoms with E-state index in [1.807, 2.05) is 43.3 Å². The number of fused-ring (bicyclic) bond motifs is 1. The predicted octanol–water partition coefficient (Wildman–Crippen LogP) is -0.286. The number of aromatic nitrogens is 2. The first kappa shape index (κ1) is 14.3. The largest absolute Gasteiger partial charge is 0.394 e. The lowest BCUT2D eigenvalue weighted by Crippen LogP contribution is -2.33. The van der Waals surface area contributed by atoms with Gasteiger partial charge in [-0.2, -0.15) is 0 Å². The molecule has 2 heterocycles. The number of ether oxygens (including phenoxy) is 1. The molecule has 1 aromatic carbocycles. The lowest BCUT2D eigenvalue weighted by molar-refractivity contribution is -0.0501. The molecule has 0 amide bonds. The minimum atomic E-state index is -1.13. The van der Waals surface area contributed by atoms with Crippen molar-refractivity contribution in [2.45, 2.75) is 24.5 Å². The number of rotatable bonds is 3. The molecule has 4 unspecified atom stereocenters. The fourth-order valence-corrected chi connectivity index (χ4v) is 2.69. The van der Waals surface area contributed by atoms with Crippen molar-refractivity contribution in [3.63, 3.8) is 0 Å². The summed E-state index contributed by atoms with van der Waals surface area (Å²) in [6, 6.07) is 7.52. The number of aliphatic hydroxyl groups excluding tert-OH is 3. The summed E-state index contributed by atoms with van der Waals surface area (Å²) >= 11 is 0. The third-order valence-corrected chi connectivity index (χ3v) is 3.75. The van der Waals surface area contributed by atoms with E-state index < -0.39 is 24.5 Å². The van der Waals surface area contributed by atoms with Gasteiger partial charge in [0.15, 0.2) is 6.23 Å². The van der Waals surface area contributed by atoms with E-state index in [0.717, 1.165) is 11.0 Å². The number of aliphatic hydroxyl groups is 3. The molecule has 0 saturated carbocycles. The molecule has 114 valence electrons. The molecule has 7 nitrogen and oxygen atoms in total. The van der Waals surface area contributed by atoms with E-state index in [1.165, 1.54) is 0 Å². The topological polar surface area (TPSA) is 91.0 Å². The molecule has 1 aliphatic rings. The third-order valence-electron chi connectivity index (χ3n) is 3.75. The van der Waals surface area contributed by atoms with Crippen LogP contribution in [0.25, 0.3) is 11.0 Å². The minimum Gasteiger partial charge on any atom is -0.394 e. The van der Waals surface area contributed by atoms with Crippen molar-refractivity contribution in [1.29, 1.82) is 0 Å². The van der Waals surface area contributed by atoms with Crippen molar-refractivity contribution in [1.82, 2.24) is 9.55 Å². The molecular formula is C14H19N3O4. The second-order valence-corrected chi connectivity index (χ2v) is 5.39. The lowest BCUT2D eigenvalue weighted by atomic mass is 10.1. The van der Waals surface area contributed by atoms with Crippen molar-refractivity contribution >= 4 is 17.0 Å². The smallest absolute Gasteiger partial charge is 0.208 e. The van der Waals surface area contributed by atoms with Crippen LogP contribution in [0.1, 0.15) is 6.23 Å². The third kappa shape index (κ3) is 2.18. The van der Waals surface area contributed by atoms with Gasteiger partial charge < -0.3 is 25.0 Å². The average Bonchev–Trinajstić information content (AvgIpc) is 2.98. The van der Waals surface area contributed by atoms with Crippen molar-refractivity contribution in [3.8, 4) is 0 Å². The van der Waals surface area contributed by atoms with Gasteiger partial charge in [-0.3, -0.25) is 4.57 Å². The highest BCUT2D eigenvalue weighted by Crippen LogP contribution is 2.35. The molecule has 7 heteroatoms. The quantitative estimate of drug-likeness (QED) is 0.720. The van der Waals surface area contributed by atoms with Gasteiger partial charge in [0.05, 0.1) is 17.6 Å². The van der Waals surface area contributed by atoms with E-state index in [0.29, 0.717) is 5.95 Å². The Morgan fingerprint density at radius 3 is 2.57 bits per heavy atom.